The molecule has 0 aliphatic heterocycles. The van der Waals surface area contributed by atoms with E-state index in [0.717, 1.165) is 22.0 Å². The number of amides is 2. The Morgan fingerprint density at radius 3 is 2.11 bits per heavy atom. The third-order valence-corrected chi connectivity index (χ3v) is 9.11. The van der Waals surface area contributed by atoms with Gasteiger partial charge in [-0.05, 0) is 59.7 Å². The van der Waals surface area contributed by atoms with Crippen LogP contribution in [-0.2, 0) is 32.6 Å². The summed E-state index contributed by atoms with van der Waals surface area (Å²) in [6, 6.07) is 24.0. The lowest BCUT2D eigenvalue weighted by Gasteiger charge is -2.33. The second-order valence-corrected chi connectivity index (χ2v) is 12.1. The molecule has 1 atom stereocenters. The number of carbonyl (C=O) groups is 2. The third kappa shape index (κ3) is 7.94. The summed E-state index contributed by atoms with van der Waals surface area (Å²) in [6.07, 6.45) is 0.162. The van der Waals surface area contributed by atoms with Crippen LogP contribution >= 0.6 is 0 Å². The van der Waals surface area contributed by atoms with Gasteiger partial charge >= 0.3 is 0 Å². The summed E-state index contributed by atoms with van der Waals surface area (Å²) in [5.41, 5.74) is 1.50. The van der Waals surface area contributed by atoms with Gasteiger partial charge in [-0.3, -0.25) is 13.9 Å². The molecular weight excluding hydrogens is 613 g/mol. The minimum absolute atomic E-state index is 0.0331. The molecule has 0 heterocycles. The fraction of sp³-hybridized carbons (Fsp3) is 0.235. The van der Waals surface area contributed by atoms with Crippen molar-refractivity contribution in [2.75, 3.05) is 39.2 Å². The number of anilines is 1. The number of likely N-dealkylation sites (N-methyl/N-ethyl adjacent to an activating group) is 1. The first-order chi connectivity index (χ1) is 22.1. The second kappa shape index (κ2) is 15.3. The molecule has 10 nitrogen and oxygen atoms in total. The molecule has 46 heavy (non-hydrogen) atoms. The van der Waals surface area contributed by atoms with Crippen molar-refractivity contribution in [2.45, 2.75) is 23.9 Å². The number of ether oxygens (including phenoxy) is 3. The monoisotopic (exact) mass is 649 g/mol. The molecular formula is C34H36FN3O7S. The highest BCUT2D eigenvalue weighted by molar-refractivity contribution is 7.92. The fourth-order valence-corrected chi connectivity index (χ4v) is 6.36. The molecule has 0 aliphatic carbocycles. The number of hydrogen-bond donors (Lipinski definition) is 1. The van der Waals surface area contributed by atoms with Gasteiger partial charge in [0.05, 0.1) is 31.9 Å². The van der Waals surface area contributed by atoms with Crippen LogP contribution in [0.5, 0.6) is 17.2 Å². The molecule has 12 heteroatoms. The van der Waals surface area contributed by atoms with Gasteiger partial charge in [-0.25, -0.2) is 12.8 Å². The zero-order valence-corrected chi connectivity index (χ0v) is 26.8. The summed E-state index contributed by atoms with van der Waals surface area (Å²) in [7, 11) is 1.35. The van der Waals surface area contributed by atoms with Gasteiger partial charge in [0.25, 0.3) is 10.0 Å². The van der Waals surface area contributed by atoms with Gasteiger partial charge in [-0.15, -0.1) is 0 Å². The van der Waals surface area contributed by atoms with Crippen molar-refractivity contribution in [1.82, 2.24) is 10.2 Å². The minimum atomic E-state index is -4.44. The predicted molar refractivity (Wildman–Crippen MR) is 172 cm³/mol. The smallest absolute Gasteiger partial charge is 0.264 e. The van der Waals surface area contributed by atoms with Crippen molar-refractivity contribution in [3.05, 3.63) is 114 Å². The SMILES string of the molecule is CNC(=O)[C@@H](Cc1ccccc1)N(Cc1cccc(OC)c1)C(=O)CN(c1ccc(F)cc1)S(=O)(=O)c1ccc(OC)c(OC)c1. The fourth-order valence-electron chi connectivity index (χ4n) is 4.93. The van der Waals surface area contributed by atoms with Crippen LogP contribution < -0.4 is 23.8 Å². The molecule has 4 aromatic rings. The molecule has 4 aromatic carbocycles. The topological polar surface area (TPSA) is 114 Å². The van der Waals surface area contributed by atoms with E-state index < -0.39 is 40.2 Å². The predicted octanol–water partition coefficient (Wildman–Crippen LogP) is 4.43. The van der Waals surface area contributed by atoms with Gasteiger partial charge in [-0.2, -0.15) is 0 Å². The largest absolute Gasteiger partial charge is 0.497 e. The highest BCUT2D eigenvalue weighted by atomic mass is 32.2. The molecule has 242 valence electrons. The number of nitrogens with one attached hydrogen (secondary N) is 1. The van der Waals surface area contributed by atoms with Crippen LogP contribution in [0.1, 0.15) is 11.1 Å². The molecule has 0 saturated carbocycles. The maximum atomic E-state index is 14.4. The zero-order valence-electron chi connectivity index (χ0n) is 26.0. The Morgan fingerprint density at radius 2 is 1.48 bits per heavy atom. The van der Waals surface area contributed by atoms with Crippen molar-refractivity contribution in [2.24, 2.45) is 0 Å². The Kier molecular flexibility index (Phi) is 11.2. The molecule has 0 bridgehead atoms. The van der Waals surface area contributed by atoms with Gasteiger partial charge in [0.15, 0.2) is 11.5 Å². The summed E-state index contributed by atoms with van der Waals surface area (Å²) < 4.78 is 59.2. The van der Waals surface area contributed by atoms with E-state index >= 15 is 0 Å². The molecule has 4 rings (SSSR count). The van der Waals surface area contributed by atoms with Crippen LogP contribution in [0, 0.1) is 5.82 Å². The maximum absolute atomic E-state index is 14.4. The van der Waals surface area contributed by atoms with Crippen LogP contribution in [0.3, 0.4) is 0 Å². The highest BCUT2D eigenvalue weighted by Crippen LogP contribution is 2.32. The maximum Gasteiger partial charge on any atom is 0.264 e. The van der Waals surface area contributed by atoms with Gasteiger partial charge < -0.3 is 24.4 Å². The molecule has 0 radical (unpaired) electrons. The summed E-state index contributed by atoms with van der Waals surface area (Å²) >= 11 is 0. The quantitative estimate of drug-likeness (QED) is 0.215. The van der Waals surface area contributed by atoms with E-state index in [0.29, 0.717) is 17.1 Å². The number of halogens is 1. The van der Waals surface area contributed by atoms with Gasteiger partial charge in [-0.1, -0.05) is 42.5 Å². The molecule has 1 N–H and O–H groups in total. The minimum Gasteiger partial charge on any atom is -0.497 e. The number of hydrogen-bond acceptors (Lipinski definition) is 7. The Balaban J connectivity index is 1.81. The zero-order chi connectivity index (χ0) is 33.3. The molecule has 2 amide bonds. The average Bonchev–Trinajstić information content (AvgIpc) is 3.08. The van der Waals surface area contributed by atoms with E-state index in [1.54, 1.807) is 24.3 Å². The number of carbonyl (C=O) groups excluding carboxylic acids is 2. The summed E-state index contributed by atoms with van der Waals surface area (Å²) in [6.45, 7) is -0.733. The molecule has 0 saturated heterocycles. The number of rotatable bonds is 14. The van der Waals surface area contributed by atoms with E-state index in [-0.39, 0.29) is 29.3 Å². The Hall–Kier alpha value is -5.10. The lowest BCUT2D eigenvalue weighted by Crippen LogP contribution is -2.53. The Morgan fingerprint density at radius 1 is 0.804 bits per heavy atom. The first kappa shape index (κ1) is 33.8. The van der Waals surface area contributed by atoms with Crippen molar-refractivity contribution in [3.8, 4) is 17.2 Å². The van der Waals surface area contributed by atoms with E-state index in [4.69, 9.17) is 14.2 Å². The normalized spacial score (nSPS) is 11.7. The van der Waals surface area contributed by atoms with Crippen LogP contribution in [0.15, 0.2) is 102 Å². The van der Waals surface area contributed by atoms with Crippen molar-refractivity contribution < 1.29 is 36.6 Å². The molecule has 0 aromatic heterocycles. The first-order valence-electron chi connectivity index (χ1n) is 14.3. The van der Waals surface area contributed by atoms with Crippen LogP contribution in [0.4, 0.5) is 10.1 Å². The van der Waals surface area contributed by atoms with Crippen molar-refractivity contribution in [3.63, 3.8) is 0 Å². The summed E-state index contributed by atoms with van der Waals surface area (Å²) in [5, 5.41) is 2.64. The average molecular weight is 650 g/mol. The second-order valence-electron chi connectivity index (χ2n) is 10.2. The molecule has 0 unspecified atom stereocenters. The number of sulfonamides is 1. The van der Waals surface area contributed by atoms with E-state index in [1.807, 2.05) is 30.3 Å². The van der Waals surface area contributed by atoms with Crippen LogP contribution in [0.2, 0.25) is 0 Å². The summed E-state index contributed by atoms with van der Waals surface area (Å²) in [4.78, 5) is 28.9. The summed E-state index contributed by atoms with van der Waals surface area (Å²) in [5.74, 6) is -0.660. The van der Waals surface area contributed by atoms with Gasteiger partial charge in [0.1, 0.15) is 24.2 Å². The Bertz CT molecular complexity index is 1750. The van der Waals surface area contributed by atoms with E-state index in [9.17, 15) is 22.4 Å². The van der Waals surface area contributed by atoms with E-state index in [1.165, 1.54) is 63.6 Å². The standard InChI is InChI=1S/C34H36FN3O7S/c1-36-34(40)30(20-24-9-6-5-7-10-24)37(22-25-11-8-12-28(19-25)43-2)33(39)23-38(27-15-13-26(35)14-16-27)46(41,42)29-17-18-31(44-3)32(21-29)45-4/h5-19,21,30H,20,22-23H2,1-4H3,(H,36,40)/t30-/m1/s1. The molecule has 0 aliphatic rings. The lowest BCUT2D eigenvalue weighted by atomic mass is 10.0. The molecule has 0 spiro atoms. The number of benzene rings is 4. The van der Waals surface area contributed by atoms with Crippen LogP contribution in [0.25, 0.3) is 0 Å². The Labute approximate surface area is 268 Å². The van der Waals surface area contributed by atoms with Gasteiger partial charge in [0.2, 0.25) is 11.8 Å². The number of methoxy groups -OCH3 is 3. The van der Waals surface area contributed by atoms with Gasteiger partial charge in [0, 0.05) is 26.1 Å². The lowest BCUT2D eigenvalue weighted by molar-refractivity contribution is -0.139. The van der Waals surface area contributed by atoms with E-state index in [2.05, 4.69) is 5.32 Å². The third-order valence-electron chi connectivity index (χ3n) is 7.34. The molecule has 0 fully saturated rings. The van der Waals surface area contributed by atoms with Crippen molar-refractivity contribution in [1.29, 1.82) is 0 Å². The van der Waals surface area contributed by atoms with Crippen LogP contribution in [-0.4, -0.2) is 66.1 Å². The first-order valence-corrected chi connectivity index (χ1v) is 15.7. The van der Waals surface area contributed by atoms with Crippen molar-refractivity contribution >= 4 is 27.5 Å². The number of nitrogens with zero attached hydrogens (tertiary/aromatic N) is 2. The highest BCUT2D eigenvalue weighted by Gasteiger charge is 2.34.